The molecule has 2 aliphatic carbocycles. The van der Waals surface area contributed by atoms with Gasteiger partial charge < -0.3 is 9.80 Å². The number of amides is 2. The highest BCUT2D eigenvalue weighted by Crippen LogP contribution is 2.48. The second kappa shape index (κ2) is 4.99. The van der Waals surface area contributed by atoms with Gasteiger partial charge >= 0.3 is 0 Å². The predicted octanol–water partition coefficient (Wildman–Crippen LogP) is 2.32. The Bertz CT molecular complexity index is 446. The normalized spacial score (nSPS) is 32.2. The molecular weight excluding hydrogens is 264 g/mol. The van der Waals surface area contributed by atoms with Crippen molar-refractivity contribution in [2.24, 2.45) is 5.92 Å². The van der Waals surface area contributed by atoms with Gasteiger partial charge in [0.1, 0.15) is 0 Å². The summed E-state index contributed by atoms with van der Waals surface area (Å²) in [6.45, 7) is 1.61. The second-order valence-electron chi connectivity index (χ2n) is 7.56. The Morgan fingerprint density at radius 2 is 1.81 bits per heavy atom. The van der Waals surface area contributed by atoms with Gasteiger partial charge in [-0.3, -0.25) is 9.59 Å². The lowest BCUT2D eigenvalue weighted by molar-refractivity contribution is -0.160. The Labute approximate surface area is 126 Å². The maximum atomic E-state index is 12.8. The van der Waals surface area contributed by atoms with Gasteiger partial charge in [0.25, 0.3) is 0 Å². The van der Waals surface area contributed by atoms with Crippen LogP contribution in [0.4, 0.5) is 0 Å². The standard InChI is InChI=1S/C17H26N2O2/c20-15-11-13(12-18(15)14-5-2-1-3-6-14)16(21)19-10-9-17(19)7-4-8-17/h13-14H,1-12H2. The van der Waals surface area contributed by atoms with E-state index < -0.39 is 0 Å². The lowest BCUT2D eigenvalue weighted by Gasteiger charge is -2.59. The molecular formula is C17H26N2O2. The molecule has 21 heavy (non-hydrogen) atoms. The van der Waals surface area contributed by atoms with E-state index in [-0.39, 0.29) is 23.3 Å². The molecule has 2 saturated heterocycles. The number of rotatable bonds is 2. The molecule has 4 heteroatoms. The lowest BCUT2D eigenvalue weighted by Crippen LogP contribution is -2.66. The van der Waals surface area contributed by atoms with Crippen molar-refractivity contribution in [2.75, 3.05) is 13.1 Å². The molecule has 1 unspecified atom stereocenters. The molecule has 4 aliphatic rings. The second-order valence-corrected chi connectivity index (χ2v) is 7.56. The zero-order valence-electron chi connectivity index (χ0n) is 12.9. The summed E-state index contributed by atoms with van der Waals surface area (Å²) in [7, 11) is 0. The van der Waals surface area contributed by atoms with Gasteiger partial charge in [-0.15, -0.1) is 0 Å². The fourth-order valence-corrected chi connectivity index (χ4v) is 4.85. The smallest absolute Gasteiger partial charge is 0.228 e. The minimum Gasteiger partial charge on any atom is -0.339 e. The molecule has 1 spiro atoms. The van der Waals surface area contributed by atoms with Crippen LogP contribution in [0.5, 0.6) is 0 Å². The minimum atomic E-state index is -0.0581. The molecule has 4 nitrogen and oxygen atoms in total. The van der Waals surface area contributed by atoms with Crippen LogP contribution in [0.3, 0.4) is 0 Å². The number of carbonyl (C=O) groups is 2. The first kappa shape index (κ1) is 13.6. The fourth-order valence-electron chi connectivity index (χ4n) is 4.85. The molecule has 0 aromatic rings. The third-order valence-electron chi connectivity index (χ3n) is 6.45. The van der Waals surface area contributed by atoms with Gasteiger partial charge in [0, 0.05) is 31.1 Å². The Balaban J connectivity index is 1.40. The molecule has 2 saturated carbocycles. The molecule has 1 atom stereocenters. The fraction of sp³-hybridized carbons (Fsp3) is 0.882. The number of hydrogen-bond acceptors (Lipinski definition) is 2. The lowest BCUT2D eigenvalue weighted by atomic mass is 9.67. The van der Waals surface area contributed by atoms with E-state index in [1.54, 1.807) is 0 Å². The van der Waals surface area contributed by atoms with Crippen molar-refractivity contribution in [1.82, 2.24) is 9.80 Å². The number of nitrogens with zero attached hydrogens (tertiary/aromatic N) is 2. The topological polar surface area (TPSA) is 40.6 Å². The molecule has 0 aromatic carbocycles. The van der Waals surface area contributed by atoms with E-state index in [0.717, 1.165) is 19.4 Å². The van der Waals surface area contributed by atoms with Crippen LogP contribution in [-0.2, 0) is 9.59 Å². The van der Waals surface area contributed by atoms with Gasteiger partial charge in [0.2, 0.25) is 11.8 Å². The SMILES string of the molecule is O=C1CC(C(=O)N2CCC23CCC3)CN1C1CCCCC1. The van der Waals surface area contributed by atoms with Crippen LogP contribution < -0.4 is 0 Å². The summed E-state index contributed by atoms with van der Waals surface area (Å²) in [5, 5.41) is 0. The molecule has 2 aliphatic heterocycles. The summed E-state index contributed by atoms with van der Waals surface area (Å²) in [5.74, 6) is 0.438. The Hall–Kier alpha value is -1.06. The van der Waals surface area contributed by atoms with E-state index in [9.17, 15) is 9.59 Å². The largest absolute Gasteiger partial charge is 0.339 e. The summed E-state index contributed by atoms with van der Waals surface area (Å²) in [5.41, 5.74) is 0.221. The summed E-state index contributed by atoms with van der Waals surface area (Å²) in [6, 6.07) is 0.415. The number of likely N-dealkylation sites (tertiary alicyclic amines) is 2. The highest BCUT2D eigenvalue weighted by molar-refractivity contribution is 5.90. The summed E-state index contributed by atoms with van der Waals surface area (Å²) in [4.78, 5) is 29.2. The molecule has 0 N–H and O–H groups in total. The van der Waals surface area contributed by atoms with Crippen LogP contribution in [0, 0.1) is 5.92 Å². The quantitative estimate of drug-likeness (QED) is 0.783. The molecule has 0 aromatic heterocycles. The molecule has 0 bridgehead atoms. The van der Waals surface area contributed by atoms with Crippen LogP contribution in [-0.4, -0.2) is 46.3 Å². The summed E-state index contributed by atoms with van der Waals surface area (Å²) in [6.07, 6.45) is 11.3. The maximum Gasteiger partial charge on any atom is 0.228 e. The first-order valence-electron chi connectivity index (χ1n) is 8.81. The monoisotopic (exact) mass is 290 g/mol. The van der Waals surface area contributed by atoms with Crippen LogP contribution >= 0.6 is 0 Å². The van der Waals surface area contributed by atoms with E-state index >= 15 is 0 Å². The maximum absolute atomic E-state index is 12.8. The van der Waals surface area contributed by atoms with Gasteiger partial charge in [-0.2, -0.15) is 0 Å². The average Bonchev–Trinajstić information content (AvgIpc) is 2.79. The van der Waals surface area contributed by atoms with E-state index in [2.05, 4.69) is 4.90 Å². The van der Waals surface area contributed by atoms with Crippen LogP contribution in [0.1, 0.15) is 64.2 Å². The summed E-state index contributed by atoms with van der Waals surface area (Å²) >= 11 is 0. The zero-order valence-corrected chi connectivity index (χ0v) is 12.9. The van der Waals surface area contributed by atoms with Gasteiger partial charge in [-0.05, 0) is 38.5 Å². The zero-order chi connectivity index (χ0) is 14.4. The van der Waals surface area contributed by atoms with Gasteiger partial charge in [-0.1, -0.05) is 19.3 Å². The molecule has 2 heterocycles. The molecule has 116 valence electrons. The van der Waals surface area contributed by atoms with Crippen molar-refractivity contribution in [2.45, 2.75) is 75.8 Å². The first-order valence-corrected chi connectivity index (χ1v) is 8.81. The first-order chi connectivity index (χ1) is 10.2. The minimum absolute atomic E-state index is 0.0581. The highest BCUT2D eigenvalue weighted by atomic mass is 16.2. The van der Waals surface area contributed by atoms with E-state index in [4.69, 9.17) is 0 Å². The van der Waals surface area contributed by atoms with Crippen molar-refractivity contribution in [3.05, 3.63) is 0 Å². The van der Waals surface area contributed by atoms with E-state index in [0.29, 0.717) is 19.0 Å². The van der Waals surface area contributed by atoms with Crippen molar-refractivity contribution in [3.63, 3.8) is 0 Å². The average molecular weight is 290 g/mol. The van der Waals surface area contributed by atoms with E-state index in [1.165, 1.54) is 44.9 Å². The van der Waals surface area contributed by atoms with Crippen molar-refractivity contribution >= 4 is 11.8 Å². The van der Waals surface area contributed by atoms with Crippen LogP contribution in [0.2, 0.25) is 0 Å². The van der Waals surface area contributed by atoms with Crippen LogP contribution in [0.25, 0.3) is 0 Å². The summed E-state index contributed by atoms with van der Waals surface area (Å²) < 4.78 is 0. The molecule has 0 radical (unpaired) electrons. The third kappa shape index (κ3) is 2.09. The van der Waals surface area contributed by atoms with E-state index in [1.807, 2.05) is 4.90 Å². The van der Waals surface area contributed by atoms with Gasteiger partial charge in [0.05, 0.1) is 5.92 Å². The number of hydrogen-bond donors (Lipinski definition) is 0. The molecule has 4 fully saturated rings. The van der Waals surface area contributed by atoms with Gasteiger partial charge in [-0.25, -0.2) is 0 Å². The highest BCUT2D eigenvalue weighted by Gasteiger charge is 2.53. The van der Waals surface area contributed by atoms with Crippen molar-refractivity contribution < 1.29 is 9.59 Å². The molecule has 2 amide bonds. The van der Waals surface area contributed by atoms with Crippen molar-refractivity contribution in [3.8, 4) is 0 Å². The third-order valence-corrected chi connectivity index (χ3v) is 6.45. The predicted molar refractivity (Wildman–Crippen MR) is 79.6 cm³/mol. The Morgan fingerprint density at radius 1 is 1.05 bits per heavy atom. The Morgan fingerprint density at radius 3 is 2.38 bits per heavy atom. The molecule has 4 rings (SSSR count). The number of carbonyl (C=O) groups excluding carboxylic acids is 2. The van der Waals surface area contributed by atoms with Crippen molar-refractivity contribution in [1.29, 1.82) is 0 Å². The van der Waals surface area contributed by atoms with Gasteiger partial charge in [0.15, 0.2) is 0 Å². The van der Waals surface area contributed by atoms with Crippen LogP contribution in [0.15, 0.2) is 0 Å². The Kier molecular flexibility index (Phi) is 3.23.